The van der Waals surface area contributed by atoms with E-state index in [-0.39, 0.29) is 6.10 Å². The summed E-state index contributed by atoms with van der Waals surface area (Å²) < 4.78 is 0. The highest BCUT2D eigenvalue weighted by Gasteiger charge is 2.26. The molecule has 0 aromatic rings. The lowest BCUT2D eigenvalue weighted by molar-refractivity contribution is 0.102. The van der Waals surface area contributed by atoms with Crippen LogP contribution in [0.15, 0.2) is 0 Å². The molecule has 68 valence electrons. The quantitative estimate of drug-likeness (QED) is 0.637. The number of hydrogen-bond acceptors (Lipinski definition) is 1. The molecule has 0 aromatic heterocycles. The Labute approximate surface area is 75.2 Å². The Bertz CT molecular complexity index is 168. The summed E-state index contributed by atoms with van der Waals surface area (Å²) in [5.41, 5.74) is 0. The zero-order valence-corrected chi connectivity index (χ0v) is 7.79. The lowest BCUT2D eigenvalue weighted by atomic mass is 9.96. The third-order valence-electron chi connectivity index (χ3n) is 2.86. The highest BCUT2D eigenvalue weighted by Crippen LogP contribution is 2.33. The van der Waals surface area contributed by atoms with Crippen molar-refractivity contribution in [1.29, 1.82) is 0 Å². The van der Waals surface area contributed by atoms with E-state index in [2.05, 4.69) is 12.8 Å². The lowest BCUT2D eigenvalue weighted by Crippen LogP contribution is -2.17. The maximum absolute atomic E-state index is 9.70. The van der Waals surface area contributed by atoms with Crippen molar-refractivity contribution in [2.24, 2.45) is 11.8 Å². The number of aliphatic hydroxyl groups is 1. The summed E-state index contributed by atoms with van der Waals surface area (Å²) in [6.07, 6.45) is 10.1. The summed E-state index contributed by atoms with van der Waals surface area (Å²) in [6, 6.07) is 0. The third-order valence-corrected chi connectivity index (χ3v) is 2.86. The minimum Gasteiger partial charge on any atom is -0.393 e. The Morgan fingerprint density at radius 1 is 1.58 bits per heavy atom. The van der Waals surface area contributed by atoms with Gasteiger partial charge in [-0.1, -0.05) is 13.3 Å². The predicted octanol–water partition coefficient (Wildman–Crippen LogP) is 2.20. The first-order valence-electron chi connectivity index (χ1n) is 4.85. The molecule has 1 saturated carbocycles. The second-order valence-corrected chi connectivity index (χ2v) is 3.99. The van der Waals surface area contributed by atoms with E-state index in [9.17, 15) is 5.11 Å². The fraction of sp³-hybridized carbons (Fsp3) is 0.818. The first-order chi connectivity index (χ1) is 5.74. The van der Waals surface area contributed by atoms with E-state index >= 15 is 0 Å². The van der Waals surface area contributed by atoms with Crippen molar-refractivity contribution >= 4 is 0 Å². The van der Waals surface area contributed by atoms with Crippen LogP contribution in [0.3, 0.4) is 0 Å². The highest BCUT2D eigenvalue weighted by molar-refractivity contribution is 4.86. The van der Waals surface area contributed by atoms with E-state index in [0.29, 0.717) is 12.3 Å². The number of terminal acetylenes is 1. The Balaban J connectivity index is 2.24. The van der Waals surface area contributed by atoms with E-state index in [1.54, 1.807) is 0 Å². The molecule has 0 aromatic carbocycles. The van der Waals surface area contributed by atoms with Gasteiger partial charge >= 0.3 is 0 Å². The fourth-order valence-corrected chi connectivity index (χ4v) is 2.07. The maximum atomic E-state index is 9.70. The first-order valence-corrected chi connectivity index (χ1v) is 4.85. The van der Waals surface area contributed by atoms with Gasteiger partial charge in [0.2, 0.25) is 0 Å². The summed E-state index contributed by atoms with van der Waals surface area (Å²) in [6.45, 7) is 2.26. The topological polar surface area (TPSA) is 20.2 Å². The van der Waals surface area contributed by atoms with Crippen LogP contribution in [0.4, 0.5) is 0 Å². The molecule has 1 aliphatic carbocycles. The molecular formula is C11H18O. The number of rotatable bonds is 3. The van der Waals surface area contributed by atoms with Crippen molar-refractivity contribution < 1.29 is 5.11 Å². The van der Waals surface area contributed by atoms with Crippen molar-refractivity contribution in [1.82, 2.24) is 0 Å². The van der Waals surface area contributed by atoms with Gasteiger partial charge in [0.1, 0.15) is 0 Å². The smallest absolute Gasteiger partial charge is 0.0577 e. The molecule has 1 fully saturated rings. The molecule has 1 aliphatic rings. The molecule has 1 heteroatoms. The second kappa shape index (κ2) is 4.52. The summed E-state index contributed by atoms with van der Waals surface area (Å²) in [5, 5.41) is 9.70. The van der Waals surface area contributed by atoms with Crippen LogP contribution >= 0.6 is 0 Å². The lowest BCUT2D eigenvalue weighted by Gasteiger charge is -2.16. The van der Waals surface area contributed by atoms with Gasteiger partial charge in [-0.15, -0.1) is 12.3 Å². The third kappa shape index (κ3) is 2.53. The summed E-state index contributed by atoms with van der Waals surface area (Å²) in [4.78, 5) is 0. The Morgan fingerprint density at radius 3 is 2.83 bits per heavy atom. The van der Waals surface area contributed by atoms with E-state index in [1.165, 1.54) is 19.3 Å². The first kappa shape index (κ1) is 9.61. The molecule has 0 bridgehead atoms. The Kier molecular flexibility index (Phi) is 3.62. The van der Waals surface area contributed by atoms with Gasteiger partial charge < -0.3 is 5.11 Å². The average Bonchev–Trinajstić information content (AvgIpc) is 2.47. The van der Waals surface area contributed by atoms with Gasteiger partial charge in [0.15, 0.2) is 0 Å². The molecule has 0 amide bonds. The van der Waals surface area contributed by atoms with Crippen LogP contribution in [-0.4, -0.2) is 11.2 Å². The minimum atomic E-state index is -0.147. The number of aliphatic hydroxyl groups excluding tert-OH is 1. The van der Waals surface area contributed by atoms with Crippen LogP contribution in [0.25, 0.3) is 0 Å². The average molecular weight is 166 g/mol. The van der Waals surface area contributed by atoms with Crippen molar-refractivity contribution in [2.45, 2.75) is 45.1 Å². The van der Waals surface area contributed by atoms with Crippen molar-refractivity contribution in [3.05, 3.63) is 0 Å². The van der Waals surface area contributed by atoms with Gasteiger partial charge in [-0.3, -0.25) is 0 Å². The van der Waals surface area contributed by atoms with Crippen LogP contribution in [0.1, 0.15) is 39.0 Å². The predicted molar refractivity (Wildman–Crippen MR) is 50.6 cm³/mol. The molecular weight excluding hydrogens is 148 g/mol. The number of hydrogen-bond donors (Lipinski definition) is 1. The molecule has 0 heterocycles. The molecule has 0 radical (unpaired) electrons. The van der Waals surface area contributed by atoms with Crippen LogP contribution in [-0.2, 0) is 0 Å². The molecule has 0 saturated heterocycles. The van der Waals surface area contributed by atoms with Gasteiger partial charge in [0.25, 0.3) is 0 Å². The van der Waals surface area contributed by atoms with Gasteiger partial charge in [-0.25, -0.2) is 0 Å². The Morgan fingerprint density at radius 2 is 2.33 bits per heavy atom. The van der Waals surface area contributed by atoms with Crippen LogP contribution < -0.4 is 0 Å². The van der Waals surface area contributed by atoms with Crippen LogP contribution in [0, 0.1) is 24.2 Å². The Hall–Kier alpha value is -0.480. The zero-order valence-electron chi connectivity index (χ0n) is 7.79. The van der Waals surface area contributed by atoms with Gasteiger partial charge in [-0.05, 0) is 31.1 Å². The summed E-state index contributed by atoms with van der Waals surface area (Å²) >= 11 is 0. The molecule has 3 atom stereocenters. The molecule has 3 unspecified atom stereocenters. The van der Waals surface area contributed by atoms with Crippen LogP contribution in [0.5, 0.6) is 0 Å². The molecule has 12 heavy (non-hydrogen) atoms. The van der Waals surface area contributed by atoms with E-state index in [0.717, 1.165) is 12.3 Å². The molecule has 1 nitrogen and oxygen atoms in total. The minimum absolute atomic E-state index is 0.147. The van der Waals surface area contributed by atoms with Gasteiger partial charge in [0, 0.05) is 6.42 Å². The molecule has 0 spiro atoms. The summed E-state index contributed by atoms with van der Waals surface area (Å²) in [7, 11) is 0. The van der Waals surface area contributed by atoms with Crippen molar-refractivity contribution in [3.8, 4) is 12.3 Å². The van der Waals surface area contributed by atoms with E-state index in [4.69, 9.17) is 6.42 Å². The van der Waals surface area contributed by atoms with Gasteiger partial charge in [0.05, 0.1) is 6.10 Å². The fourth-order valence-electron chi connectivity index (χ4n) is 2.07. The molecule has 1 N–H and O–H groups in total. The SMILES string of the molecule is C#CCCC(O)C1CCC(C)C1. The van der Waals surface area contributed by atoms with E-state index in [1.807, 2.05) is 0 Å². The van der Waals surface area contributed by atoms with E-state index < -0.39 is 0 Å². The van der Waals surface area contributed by atoms with Crippen molar-refractivity contribution in [3.63, 3.8) is 0 Å². The zero-order chi connectivity index (χ0) is 8.97. The molecule has 1 rings (SSSR count). The van der Waals surface area contributed by atoms with Crippen molar-refractivity contribution in [2.75, 3.05) is 0 Å². The second-order valence-electron chi connectivity index (χ2n) is 3.99. The standard InChI is InChI=1S/C11H18O/c1-3-4-5-11(12)10-7-6-9(2)8-10/h1,9-12H,4-8H2,2H3. The van der Waals surface area contributed by atoms with Crippen LogP contribution in [0.2, 0.25) is 0 Å². The monoisotopic (exact) mass is 166 g/mol. The summed E-state index contributed by atoms with van der Waals surface area (Å²) in [5.74, 6) is 3.90. The molecule has 0 aliphatic heterocycles. The van der Waals surface area contributed by atoms with Gasteiger partial charge in [-0.2, -0.15) is 0 Å². The maximum Gasteiger partial charge on any atom is 0.0577 e. The normalized spacial score (nSPS) is 31.4. The largest absolute Gasteiger partial charge is 0.393 e. The highest BCUT2D eigenvalue weighted by atomic mass is 16.3.